The van der Waals surface area contributed by atoms with Crippen molar-refractivity contribution in [1.29, 1.82) is 0 Å². The van der Waals surface area contributed by atoms with Gasteiger partial charge in [0, 0.05) is 13.1 Å². The van der Waals surface area contributed by atoms with E-state index in [4.69, 9.17) is 9.57 Å². The number of carbonyl (C=O) groups is 2. The molecule has 0 saturated carbocycles. The minimum Gasteiger partial charge on any atom is -0.444 e. The summed E-state index contributed by atoms with van der Waals surface area (Å²) in [6.45, 7) is 6.04. The molecule has 1 aromatic heterocycles. The van der Waals surface area contributed by atoms with E-state index >= 15 is 0 Å². The maximum atomic E-state index is 11.7. The number of hydrogen-bond donors (Lipinski definition) is 2. The molecule has 25 heavy (non-hydrogen) atoms. The van der Waals surface area contributed by atoms with Gasteiger partial charge >= 0.3 is 6.09 Å². The summed E-state index contributed by atoms with van der Waals surface area (Å²) in [7, 11) is 0. The summed E-state index contributed by atoms with van der Waals surface area (Å²) >= 11 is 0. The van der Waals surface area contributed by atoms with Crippen molar-refractivity contribution >= 4 is 23.0 Å². The molecular formula is C16H23N5O4. The van der Waals surface area contributed by atoms with Gasteiger partial charge in [-0.15, -0.1) is 5.10 Å². The molecule has 136 valence electrons. The summed E-state index contributed by atoms with van der Waals surface area (Å²) in [5.41, 5.74) is 0.856. The van der Waals surface area contributed by atoms with E-state index in [9.17, 15) is 9.59 Å². The van der Waals surface area contributed by atoms with Crippen molar-refractivity contribution in [2.75, 3.05) is 19.7 Å². The first-order chi connectivity index (χ1) is 11.8. The maximum Gasteiger partial charge on any atom is 0.407 e. The number of fused-ring (bicyclic) bond motifs is 1. The molecule has 1 heterocycles. The number of rotatable bonds is 7. The number of para-hydroxylation sites is 1. The van der Waals surface area contributed by atoms with Crippen LogP contribution in [0.5, 0.6) is 0 Å². The first-order valence-electron chi connectivity index (χ1n) is 8.02. The zero-order valence-corrected chi connectivity index (χ0v) is 14.6. The molecule has 1 aromatic carbocycles. The van der Waals surface area contributed by atoms with Gasteiger partial charge in [0.05, 0.1) is 0 Å². The fourth-order valence-electron chi connectivity index (χ4n) is 1.93. The van der Waals surface area contributed by atoms with Gasteiger partial charge in [-0.2, -0.15) is 0 Å². The second kappa shape index (κ2) is 8.32. The molecule has 0 unspecified atom stereocenters. The van der Waals surface area contributed by atoms with Gasteiger partial charge in [0.25, 0.3) is 5.91 Å². The molecule has 0 saturated heterocycles. The number of nitrogens with one attached hydrogen (secondary N) is 2. The van der Waals surface area contributed by atoms with E-state index < -0.39 is 11.7 Å². The van der Waals surface area contributed by atoms with Crippen molar-refractivity contribution in [3.63, 3.8) is 0 Å². The zero-order chi connectivity index (χ0) is 18.3. The molecule has 9 nitrogen and oxygen atoms in total. The molecular weight excluding hydrogens is 326 g/mol. The third kappa shape index (κ3) is 6.28. The minimum absolute atomic E-state index is 0.174. The van der Waals surface area contributed by atoms with E-state index in [0.29, 0.717) is 30.5 Å². The van der Waals surface area contributed by atoms with Crippen LogP contribution >= 0.6 is 0 Å². The van der Waals surface area contributed by atoms with Gasteiger partial charge in [-0.1, -0.05) is 17.0 Å². The minimum atomic E-state index is -0.527. The van der Waals surface area contributed by atoms with Gasteiger partial charge in [0.1, 0.15) is 16.6 Å². The number of carbonyl (C=O) groups excluding carboxylic acids is 2. The van der Waals surface area contributed by atoms with E-state index in [1.165, 1.54) is 4.85 Å². The molecule has 9 heteroatoms. The van der Waals surface area contributed by atoms with Gasteiger partial charge in [0.15, 0.2) is 6.61 Å². The van der Waals surface area contributed by atoms with E-state index in [2.05, 4.69) is 20.9 Å². The highest BCUT2D eigenvalue weighted by molar-refractivity contribution is 5.77. The molecule has 0 fully saturated rings. The van der Waals surface area contributed by atoms with Gasteiger partial charge in [0.2, 0.25) is 0 Å². The molecule has 0 atom stereocenters. The van der Waals surface area contributed by atoms with Crippen molar-refractivity contribution in [2.45, 2.75) is 32.8 Å². The molecule has 0 radical (unpaired) electrons. The molecule has 0 aliphatic carbocycles. The zero-order valence-electron chi connectivity index (χ0n) is 14.6. The highest BCUT2D eigenvalue weighted by atomic mass is 16.7. The Hall–Kier alpha value is -2.84. The number of alkyl carbamates (subject to hydrolysis) is 1. The SMILES string of the molecule is CC(C)(C)OC(=O)NCCCNC(=O)COn1nnc2ccccc21. The smallest absolute Gasteiger partial charge is 0.407 e. The monoisotopic (exact) mass is 349 g/mol. The van der Waals surface area contributed by atoms with E-state index in [1.807, 2.05) is 12.1 Å². The number of aromatic nitrogens is 3. The third-order valence-electron chi connectivity index (χ3n) is 2.98. The summed E-state index contributed by atoms with van der Waals surface area (Å²) in [4.78, 5) is 29.7. The predicted octanol–water partition coefficient (Wildman–Crippen LogP) is 0.891. The highest BCUT2D eigenvalue weighted by Crippen LogP contribution is 2.08. The standard InChI is InChI=1S/C16H23N5O4/c1-16(2,3)25-15(23)18-10-6-9-17-14(22)11-24-21-13-8-5-4-7-12(13)19-20-21/h4-5,7-8H,6,9-11H2,1-3H3,(H,17,22)(H,18,23). The number of ether oxygens (including phenoxy) is 1. The van der Waals surface area contributed by atoms with Crippen LogP contribution in [0.2, 0.25) is 0 Å². The van der Waals surface area contributed by atoms with Crippen LogP contribution in [0, 0.1) is 0 Å². The molecule has 2 aromatic rings. The molecule has 2 amide bonds. The Morgan fingerprint density at radius 1 is 1.16 bits per heavy atom. The fraction of sp³-hybridized carbons (Fsp3) is 0.500. The van der Waals surface area contributed by atoms with Gasteiger partial charge in [-0.05, 0) is 44.5 Å². The lowest BCUT2D eigenvalue weighted by Crippen LogP contribution is -2.36. The largest absolute Gasteiger partial charge is 0.444 e. The Kier molecular flexibility index (Phi) is 6.15. The van der Waals surface area contributed by atoms with E-state index in [-0.39, 0.29) is 12.5 Å². The Morgan fingerprint density at radius 3 is 2.64 bits per heavy atom. The quantitative estimate of drug-likeness (QED) is 0.719. The van der Waals surface area contributed by atoms with Crippen LogP contribution < -0.4 is 15.5 Å². The number of nitrogens with zero attached hydrogens (tertiary/aromatic N) is 3. The second-order valence-electron chi connectivity index (χ2n) is 6.36. The normalized spacial score (nSPS) is 11.2. The van der Waals surface area contributed by atoms with Crippen molar-refractivity contribution in [3.05, 3.63) is 24.3 Å². The van der Waals surface area contributed by atoms with Crippen LogP contribution in [0.3, 0.4) is 0 Å². The Morgan fingerprint density at radius 2 is 1.88 bits per heavy atom. The molecule has 2 rings (SSSR count). The lowest BCUT2D eigenvalue weighted by Gasteiger charge is -2.19. The fourth-order valence-corrected chi connectivity index (χ4v) is 1.93. The van der Waals surface area contributed by atoms with Crippen LogP contribution in [-0.2, 0) is 9.53 Å². The summed E-state index contributed by atoms with van der Waals surface area (Å²) in [6.07, 6.45) is 0.109. The van der Waals surface area contributed by atoms with E-state index in [1.54, 1.807) is 32.9 Å². The van der Waals surface area contributed by atoms with Crippen LogP contribution in [0.25, 0.3) is 11.0 Å². The molecule has 0 aliphatic rings. The average molecular weight is 349 g/mol. The summed E-state index contributed by atoms with van der Waals surface area (Å²) in [5, 5.41) is 13.1. The molecule has 0 spiro atoms. The predicted molar refractivity (Wildman–Crippen MR) is 90.8 cm³/mol. The van der Waals surface area contributed by atoms with Crippen LogP contribution in [-0.4, -0.2) is 52.5 Å². The first kappa shape index (κ1) is 18.5. The third-order valence-corrected chi connectivity index (χ3v) is 2.98. The highest BCUT2D eigenvalue weighted by Gasteiger charge is 2.15. The van der Waals surface area contributed by atoms with E-state index in [0.717, 1.165) is 0 Å². The van der Waals surface area contributed by atoms with Crippen LogP contribution in [0.15, 0.2) is 24.3 Å². The van der Waals surface area contributed by atoms with Gasteiger partial charge in [-0.25, -0.2) is 4.79 Å². The Labute approximate surface area is 145 Å². The lowest BCUT2D eigenvalue weighted by molar-refractivity contribution is -0.126. The Balaban J connectivity index is 1.61. The number of hydrogen-bond acceptors (Lipinski definition) is 6. The Bertz CT molecular complexity index is 723. The molecule has 2 N–H and O–H groups in total. The molecule has 0 bridgehead atoms. The van der Waals surface area contributed by atoms with Crippen molar-refractivity contribution in [2.24, 2.45) is 0 Å². The summed E-state index contributed by atoms with van der Waals surface area (Å²) in [6, 6.07) is 7.29. The van der Waals surface area contributed by atoms with Crippen LogP contribution in [0.1, 0.15) is 27.2 Å². The van der Waals surface area contributed by atoms with Crippen LogP contribution in [0.4, 0.5) is 4.79 Å². The van der Waals surface area contributed by atoms with Gasteiger partial charge in [-0.3, -0.25) is 4.79 Å². The van der Waals surface area contributed by atoms with Crippen molar-refractivity contribution < 1.29 is 19.2 Å². The maximum absolute atomic E-state index is 11.7. The average Bonchev–Trinajstić information content (AvgIpc) is 2.94. The summed E-state index contributed by atoms with van der Waals surface area (Å²) in [5.74, 6) is -0.281. The second-order valence-corrected chi connectivity index (χ2v) is 6.36. The summed E-state index contributed by atoms with van der Waals surface area (Å²) < 4.78 is 5.11. The first-order valence-corrected chi connectivity index (χ1v) is 8.02. The van der Waals surface area contributed by atoms with Gasteiger partial charge < -0.3 is 20.2 Å². The van der Waals surface area contributed by atoms with Crippen molar-refractivity contribution in [1.82, 2.24) is 25.8 Å². The lowest BCUT2D eigenvalue weighted by atomic mass is 10.2. The van der Waals surface area contributed by atoms with Crippen molar-refractivity contribution in [3.8, 4) is 0 Å². The molecule has 0 aliphatic heterocycles. The topological polar surface area (TPSA) is 107 Å². The number of benzene rings is 1. The number of amides is 2.